The Morgan fingerprint density at radius 2 is 1.24 bits per heavy atom. The van der Waals surface area contributed by atoms with Crippen molar-refractivity contribution in [3.05, 3.63) is 18.1 Å². The fourth-order valence-electron chi connectivity index (χ4n) is 4.04. The van der Waals surface area contributed by atoms with Gasteiger partial charge in [0.2, 0.25) is 23.7 Å². The number of nitrogens with one attached hydrogen (secondary N) is 2. The van der Waals surface area contributed by atoms with E-state index in [0.29, 0.717) is 6.92 Å². The molecule has 0 spiro atoms. The summed E-state index contributed by atoms with van der Waals surface area (Å²) in [6.45, 7) is 0.686. The molecule has 2 fully saturated rings. The Labute approximate surface area is 192 Å². The Hall–Kier alpha value is -2.73. The van der Waals surface area contributed by atoms with E-state index in [4.69, 9.17) is 0 Å². The molecule has 0 atom stereocenters. The first kappa shape index (κ1) is 24.4. The van der Waals surface area contributed by atoms with Gasteiger partial charge in [-0.3, -0.25) is 4.98 Å². The van der Waals surface area contributed by atoms with Crippen molar-refractivity contribution >= 4 is 11.9 Å². The maximum Gasteiger partial charge on any atom is 0.288 e. The molecule has 2 N–H and O–H groups in total. The Bertz CT molecular complexity index is 945. The predicted octanol–water partition coefficient (Wildman–Crippen LogP) is 5.42. The van der Waals surface area contributed by atoms with Gasteiger partial charge in [-0.05, 0) is 25.7 Å². The van der Waals surface area contributed by atoms with E-state index in [1.54, 1.807) is 0 Å². The molecule has 13 heteroatoms. The van der Waals surface area contributed by atoms with Crippen molar-refractivity contribution in [1.29, 1.82) is 0 Å². The lowest BCUT2D eigenvalue weighted by atomic mass is 9.92. The molecule has 0 aliphatic heterocycles. The van der Waals surface area contributed by atoms with Crippen LogP contribution in [0.15, 0.2) is 12.4 Å². The van der Waals surface area contributed by atoms with Crippen LogP contribution in [0.25, 0.3) is 11.5 Å². The lowest BCUT2D eigenvalue weighted by Crippen LogP contribution is -2.33. The molecule has 2 aromatic heterocycles. The fourth-order valence-corrected chi connectivity index (χ4v) is 4.04. The summed E-state index contributed by atoms with van der Waals surface area (Å²) in [6.07, 6.45) is 1.86. The maximum atomic E-state index is 13.7. The summed E-state index contributed by atoms with van der Waals surface area (Å²) < 4.78 is 81.5. The molecule has 2 saturated carbocycles. The average molecular weight is 489 g/mol. The molecule has 0 bridgehead atoms. The molecule has 4 rings (SSSR count). The number of alkyl halides is 6. The SMILES string of the molecule is CC(F)(F)c1cncc(-c2nc(NC3CCC(F)(F)CC3)nc(NC3CCC(F)(F)CC3)n2)n1. The van der Waals surface area contributed by atoms with Crippen LogP contribution in [0.3, 0.4) is 0 Å². The third-order valence-corrected chi connectivity index (χ3v) is 6.05. The van der Waals surface area contributed by atoms with Gasteiger partial charge >= 0.3 is 0 Å². The van der Waals surface area contributed by atoms with E-state index >= 15 is 0 Å². The van der Waals surface area contributed by atoms with Crippen molar-refractivity contribution in [1.82, 2.24) is 24.9 Å². The Morgan fingerprint density at radius 1 is 0.765 bits per heavy atom. The molecule has 2 aliphatic rings. The molecule has 0 unspecified atom stereocenters. The molecular weight excluding hydrogens is 464 g/mol. The van der Waals surface area contributed by atoms with E-state index in [9.17, 15) is 26.3 Å². The average Bonchev–Trinajstić information content (AvgIpc) is 2.76. The first-order valence-corrected chi connectivity index (χ1v) is 11.1. The van der Waals surface area contributed by atoms with E-state index < -0.39 is 23.5 Å². The monoisotopic (exact) mass is 489 g/mol. The second-order valence-corrected chi connectivity index (χ2v) is 9.03. The zero-order valence-corrected chi connectivity index (χ0v) is 18.5. The third kappa shape index (κ3) is 6.23. The summed E-state index contributed by atoms with van der Waals surface area (Å²) in [4.78, 5) is 20.5. The van der Waals surface area contributed by atoms with E-state index in [2.05, 4.69) is 35.6 Å². The van der Waals surface area contributed by atoms with Gasteiger partial charge in [0.05, 0.1) is 12.4 Å². The molecule has 2 aromatic rings. The van der Waals surface area contributed by atoms with Gasteiger partial charge in [-0.25, -0.2) is 22.5 Å². The van der Waals surface area contributed by atoms with E-state index in [0.717, 1.165) is 6.20 Å². The lowest BCUT2D eigenvalue weighted by molar-refractivity contribution is -0.0366. The number of halogens is 6. The van der Waals surface area contributed by atoms with Crippen LogP contribution in [0.2, 0.25) is 0 Å². The van der Waals surface area contributed by atoms with Crippen molar-refractivity contribution in [3.63, 3.8) is 0 Å². The molecule has 7 nitrogen and oxygen atoms in total. The van der Waals surface area contributed by atoms with E-state index in [1.807, 2.05) is 0 Å². The first-order valence-electron chi connectivity index (χ1n) is 11.1. The first-order chi connectivity index (χ1) is 15.9. The number of aromatic nitrogens is 5. The molecule has 34 heavy (non-hydrogen) atoms. The van der Waals surface area contributed by atoms with Crippen LogP contribution in [-0.4, -0.2) is 48.8 Å². The highest BCUT2D eigenvalue weighted by molar-refractivity contribution is 5.53. The molecule has 0 aromatic carbocycles. The number of rotatable bonds is 6. The second-order valence-electron chi connectivity index (χ2n) is 9.03. The highest BCUT2D eigenvalue weighted by Gasteiger charge is 2.36. The molecule has 0 radical (unpaired) electrons. The number of hydrogen-bond donors (Lipinski definition) is 2. The van der Waals surface area contributed by atoms with Crippen molar-refractivity contribution in [3.8, 4) is 11.5 Å². The Morgan fingerprint density at radius 3 is 1.68 bits per heavy atom. The predicted molar refractivity (Wildman–Crippen MR) is 112 cm³/mol. The highest BCUT2D eigenvalue weighted by Crippen LogP contribution is 2.35. The molecule has 2 aliphatic carbocycles. The normalized spacial score (nSPS) is 21.3. The quantitative estimate of drug-likeness (QED) is 0.524. The zero-order chi connectivity index (χ0) is 24.6. The highest BCUT2D eigenvalue weighted by atomic mass is 19.3. The standard InChI is InChI=1S/C21H25F6N7/c1-19(22,23)15-11-28-10-14(31-15)16-32-17(29-12-2-6-20(24,25)7-3-12)34-18(33-16)30-13-4-8-21(26,27)9-5-13/h10-13H,2-9H2,1H3,(H2,29,30,32,33,34). The molecule has 0 saturated heterocycles. The van der Waals surface area contributed by atoms with E-state index in [-0.39, 0.29) is 86.9 Å². The summed E-state index contributed by atoms with van der Waals surface area (Å²) in [5.41, 5.74) is -0.601. The van der Waals surface area contributed by atoms with Crippen molar-refractivity contribution in [2.45, 2.75) is 88.1 Å². The van der Waals surface area contributed by atoms with Crippen LogP contribution < -0.4 is 10.6 Å². The molecule has 0 amide bonds. The third-order valence-electron chi connectivity index (χ3n) is 6.05. The largest absolute Gasteiger partial charge is 0.351 e. The minimum atomic E-state index is -3.24. The van der Waals surface area contributed by atoms with E-state index in [1.165, 1.54) is 6.20 Å². The fraction of sp³-hybridized carbons (Fsp3) is 0.667. The summed E-state index contributed by atoms with van der Waals surface area (Å²) in [7, 11) is 0. The van der Waals surface area contributed by atoms with Gasteiger partial charge in [0.25, 0.3) is 5.92 Å². The topological polar surface area (TPSA) is 88.5 Å². The van der Waals surface area contributed by atoms with Gasteiger partial charge in [-0.2, -0.15) is 23.7 Å². The smallest absolute Gasteiger partial charge is 0.288 e. The lowest BCUT2D eigenvalue weighted by Gasteiger charge is -2.30. The van der Waals surface area contributed by atoms with Gasteiger partial charge < -0.3 is 10.6 Å². The van der Waals surface area contributed by atoms with Crippen LogP contribution in [0, 0.1) is 0 Å². The number of anilines is 2. The van der Waals surface area contributed by atoms with Crippen LogP contribution in [0.1, 0.15) is 64.0 Å². The Kier molecular flexibility index (Phi) is 6.56. The zero-order valence-electron chi connectivity index (χ0n) is 18.5. The van der Waals surface area contributed by atoms with Crippen LogP contribution in [-0.2, 0) is 5.92 Å². The summed E-state index contributed by atoms with van der Waals surface area (Å²) >= 11 is 0. The Balaban J connectivity index is 1.60. The summed E-state index contributed by atoms with van der Waals surface area (Å²) in [5, 5.41) is 6.02. The van der Waals surface area contributed by atoms with Crippen molar-refractivity contribution < 1.29 is 26.3 Å². The number of nitrogens with zero attached hydrogens (tertiary/aromatic N) is 5. The molecular formula is C21H25F6N7. The van der Waals surface area contributed by atoms with Crippen molar-refractivity contribution in [2.24, 2.45) is 0 Å². The minimum Gasteiger partial charge on any atom is -0.351 e. The molecule has 186 valence electrons. The number of hydrogen-bond acceptors (Lipinski definition) is 7. The maximum absolute atomic E-state index is 13.7. The van der Waals surface area contributed by atoms with Gasteiger partial charge in [-0.15, -0.1) is 0 Å². The minimum absolute atomic E-state index is 0.0297. The summed E-state index contributed by atoms with van der Waals surface area (Å²) in [6, 6.07) is -0.623. The summed E-state index contributed by atoms with van der Waals surface area (Å²) in [5.74, 6) is -8.60. The van der Waals surface area contributed by atoms with Crippen LogP contribution in [0.5, 0.6) is 0 Å². The van der Waals surface area contributed by atoms with Gasteiger partial charge in [0.1, 0.15) is 11.4 Å². The van der Waals surface area contributed by atoms with Crippen molar-refractivity contribution in [2.75, 3.05) is 10.6 Å². The molecule has 2 heterocycles. The second kappa shape index (κ2) is 9.14. The van der Waals surface area contributed by atoms with Gasteiger partial charge in [0.15, 0.2) is 5.82 Å². The van der Waals surface area contributed by atoms with Crippen LogP contribution >= 0.6 is 0 Å². The van der Waals surface area contributed by atoms with Gasteiger partial charge in [-0.1, -0.05) is 0 Å². The van der Waals surface area contributed by atoms with Gasteiger partial charge in [0, 0.05) is 44.7 Å². The van der Waals surface area contributed by atoms with Crippen LogP contribution in [0.4, 0.5) is 38.2 Å².